The molecule has 1 fully saturated rings. The van der Waals surface area contributed by atoms with E-state index in [0.717, 1.165) is 11.4 Å². The number of nitrogens with zero attached hydrogens (tertiary/aromatic N) is 3. The zero-order chi connectivity index (χ0) is 15.5. The normalized spacial score (nSPS) is 16.2. The minimum Gasteiger partial charge on any atom is -0.353 e. The third-order valence-electron chi connectivity index (χ3n) is 3.35. The molecule has 0 aromatic carbocycles. The smallest absolute Gasteiger partial charge is 0.353 e. The summed E-state index contributed by atoms with van der Waals surface area (Å²) in [7, 11) is 0. The lowest BCUT2D eigenvalue weighted by molar-refractivity contribution is -0.161. The van der Waals surface area contributed by atoms with Gasteiger partial charge in [0.2, 0.25) is 5.91 Å². The molecule has 1 saturated heterocycles. The number of carbonyl (C=O) groups is 1. The topological polar surface area (TPSA) is 62.5 Å². The van der Waals surface area contributed by atoms with E-state index in [1.807, 2.05) is 17.0 Å². The summed E-state index contributed by atoms with van der Waals surface area (Å²) in [5.74, 6) is -0.122. The van der Waals surface area contributed by atoms with Gasteiger partial charge in [0, 0.05) is 38.9 Å². The minimum atomic E-state index is -4.45. The van der Waals surface area contributed by atoms with Gasteiger partial charge in [-0.1, -0.05) is 6.07 Å². The molecule has 1 aliphatic heterocycles. The van der Waals surface area contributed by atoms with Crippen LogP contribution < -0.4 is 10.6 Å². The highest BCUT2D eigenvalue weighted by atomic mass is 19.4. The molecule has 0 unspecified atom stereocenters. The van der Waals surface area contributed by atoms with Crippen LogP contribution in [-0.4, -0.2) is 48.1 Å². The van der Waals surface area contributed by atoms with E-state index in [2.05, 4.69) is 4.98 Å². The first-order valence-electron chi connectivity index (χ1n) is 6.63. The Labute approximate surface area is 120 Å². The molecular formula is C13H17F3N4O. The van der Waals surface area contributed by atoms with E-state index >= 15 is 0 Å². The maximum Gasteiger partial charge on any atom is 0.397 e. The minimum absolute atomic E-state index is 0.273. The summed E-state index contributed by atoms with van der Waals surface area (Å²) in [4.78, 5) is 19.0. The summed E-state index contributed by atoms with van der Waals surface area (Å²) >= 11 is 0. The van der Waals surface area contributed by atoms with Crippen molar-refractivity contribution in [1.29, 1.82) is 0 Å². The molecular weight excluding hydrogens is 285 g/mol. The van der Waals surface area contributed by atoms with Crippen LogP contribution in [0.2, 0.25) is 0 Å². The molecule has 1 aromatic rings. The van der Waals surface area contributed by atoms with Gasteiger partial charge in [-0.05, 0) is 11.6 Å². The van der Waals surface area contributed by atoms with Crippen LogP contribution in [-0.2, 0) is 11.3 Å². The van der Waals surface area contributed by atoms with E-state index in [-0.39, 0.29) is 13.1 Å². The lowest BCUT2D eigenvalue weighted by Crippen LogP contribution is -2.49. The highest BCUT2D eigenvalue weighted by molar-refractivity contribution is 5.77. The average Bonchev–Trinajstić information content (AvgIpc) is 2.46. The molecule has 0 radical (unpaired) electrons. The van der Waals surface area contributed by atoms with Gasteiger partial charge in [-0.15, -0.1) is 0 Å². The van der Waals surface area contributed by atoms with Crippen molar-refractivity contribution in [2.24, 2.45) is 5.73 Å². The molecule has 1 aliphatic rings. The second-order valence-corrected chi connectivity index (χ2v) is 4.89. The lowest BCUT2D eigenvalue weighted by Gasteiger charge is -2.35. The van der Waals surface area contributed by atoms with Crippen molar-refractivity contribution in [3.05, 3.63) is 23.9 Å². The second-order valence-electron chi connectivity index (χ2n) is 4.89. The first-order valence-corrected chi connectivity index (χ1v) is 6.63. The average molecular weight is 302 g/mol. The van der Waals surface area contributed by atoms with Crippen LogP contribution in [0.4, 0.5) is 19.0 Å². The Bertz CT molecular complexity index is 481. The predicted octanol–water partition coefficient (Wildman–Crippen LogP) is 1.14. The van der Waals surface area contributed by atoms with E-state index < -0.39 is 18.5 Å². The molecule has 1 amide bonds. The van der Waals surface area contributed by atoms with Crippen LogP contribution in [0.5, 0.6) is 0 Å². The Hall–Kier alpha value is -1.83. The zero-order valence-corrected chi connectivity index (χ0v) is 11.4. The van der Waals surface area contributed by atoms with Crippen LogP contribution in [0.15, 0.2) is 18.3 Å². The van der Waals surface area contributed by atoms with Crippen molar-refractivity contribution in [2.75, 3.05) is 31.1 Å². The number of aromatic nitrogens is 1. The number of halogens is 3. The van der Waals surface area contributed by atoms with Crippen molar-refractivity contribution in [3.63, 3.8) is 0 Å². The van der Waals surface area contributed by atoms with Gasteiger partial charge in [0.05, 0.1) is 0 Å². The number of pyridine rings is 1. The van der Waals surface area contributed by atoms with Crippen molar-refractivity contribution < 1.29 is 18.0 Å². The van der Waals surface area contributed by atoms with Crippen molar-refractivity contribution in [1.82, 2.24) is 9.88 Å². The van der Waals surface area contributed by atoms with Crippen LogP contribution in [0, 0.1) is 0 Å². The molecule has 5 nitrogen and oxygen atoms in total. The van der Waals surface area contributed by atoms with Gasteiger partial charge in [-0.3, -0.25) is 4.79 Å². The SMILES string of the molecule is NCc1ccc(N2CCN(C(=O)CC(F)(F)F)CC2)nc1. The van der Waals surface area contributed by atoms with Gasteiger partial charge >= 0.3 is 6.18 Å². The van der Waals surface area contributed by atoms with Crippen LogP contribution >= 0.6 is 0 Å². The Morgan fingerprint density at radius 3 is 2.38 bits per heavy atom. The van der Waals surface area contributed by atoms with Crippen LogP contribution in [0.25, 0.3) is 0 Å². The molecule has 8 heteroatoms. The molecule has 0 saturated carbocycles. The summed E-state index contributed by atoms with van der Waals surface area (Å²) in [6, 6.07) is 3.69. The Kier molecular flexibility index (Phi) is 4.66. The van der Waals surface area contributed by atoms with E-state index in [4.69, 9.17) is 5.73 Å². The first-order chi connectivity index (χ1) is 9.89. The molecule has 0 aliphatic carbocycles. The Balaban J connectivity index is 1.89. The quantitative estimate of drug-likeness (QED) is 0.909. The number of rotatable bonds is 3. The molecule has 1 aromatic heterocycles. The highest BCUT2D eigenvalue weighted by Crippen LogP contribution is 2.21. The molecule has 2 rings (SSSR count). The van der Waals surface area contributed by atoms with Gasteiger partial charge in [0.1, 0.15) is 12.2 Å². The van der Waals surface area contributed by atoms with Gasteiger partial charge in [0.15, 0.2) is 0 Å². The third-order valence-corrected chi connectivity index (χ3v) is 3.35. The summed E-state index contributed by atoms with van der Waals surface area (Å²) in [5.41, 5.74) is 6.41. The number of hydrogen-bond acceptors (Lipinski definition) is 4. The maximum atomic E-state index is 12.2. The largest absolute Gasteiger partial charge is 0.397 e. The fraction of sp³-hybridized carbons (Fsp3) is 0.538. The molecule has 21 heavy (non-hydrogen) atoms. The second kappa shape index (κ2) is 6.30. The Morgan fingerprint density at radius 2 is 1.90 bits per heavy atom. The van der Waals surface area contributed by atoms with Gasteiger partial charge in [-0.25, -0.2) is 4.98 Å². The van der Waals surface area contributed by atoms with Crippen LogP contribution in [0.3, 0.4) is 0 Å². The fourth-order valence-electron chi connectivity index (χ4n) is 2.19. The van der Waals surface area contributed by atoms with E-state index in [1.165, 1.54) is 4.90 Å². The van der Waals surface area contributed by atoms with Crippen molar-refractivity contribution >= 4 is 11.7 Å². The standard InChI is InChI=1S/C13H17F3N4O/c14-13(15,16)7-12(21)20-5-3-19(4-6-20)11-2-1-10(8-17)9-18-11/h1-2,9H,3-8,17H2. The molecule has 0 atom stereocenters. The number of carbonyl (C=O) groups excluding carboxylic acids is 1. The summed E-state index contributed by atoms with van der Waals surface area (Å²) in [6.45, 7) is 1.90. The number of amides is 1. The Morgan fingerprint density at radius 1 is 1.24 bits per heavy atom. The lowest BCUT2D eigenvalue weighted by atomic mass is 10.2. The maximum absolute atomic E-state index is 12.2. The summed E-state index contributed by atoms with van der Waals surface area (Å²) < 4.78 is 36.6. The van der Waals surface area contributed by atoms with Gasteiger partial charge in [0.25, 0.3) is 0 Å². The number of hydrogen-bond donors (Lipinski definition) is 1. The van der Waals surface area contributed by atoms with Crippen molar-refractivity contribution in [2.45, 2.75) is 19.1 Å². The number of nitrogens with two attached hydrogens (primary N) is 1. The van der Waals surface area contributed by atoms with E-state index in [1.54, 1.807) is 6.20 Å². The van der Waals surface area contributed by atoms with Gasteiger partial charge in [-0.2, -0.15) is 13.2 Å². The third kappa shape index (κ3) is 4.32. The number of piperazine rings is 1. The highest BCUT2D eigenvalue weighted by Gasteiger charge is 2.34. The molecule has 0 bridgehead atoms. The summed E-state index contributed by atoms with van der Waals surface area (Å²) in [6.07, 6.45) is -4.17. The monoisotopic (exact) mass is 302 g/mol. The zero-order valence-electron chi connectivity index (χ0n) is 11.4. The van der Waals surface area contributed by atoms with E-state index in [9.17, 15) is 18.0 Å². The molecule has 2 heterocycles. The predicted molar refractivity (Wildman–Crippen MR) is 71.6 cm³/mol. The number of alkyl halides is 3. The number of anilines is 1. The summed E-state index contributed by atoms with van der Waals surface area (Å²) in [5, 5.41) is 0. The first kappa shape index (κ1) is 15.6. The van der Waals surface area contributed by atoms with Crippen molar-refractivity contribution in [3.8, 4) is 0 Å². The fourth-order valence-corrected chi connectivity index (χ4v) is 2.19. The van der Waals surface area contributed by atoms with Crippen LogP contribution in [0.1, 0.15) is 12.0 Å². The molecule has 116 valence electrons. The molecule has 2 N–H and O–H groups in total. The molecule has 0 spiro atoms. The van der Waals surface area contributed by atoms with Gasteiger partial charge < -0.3 is 15.5 Å². The van der Waals surface area contributed by atoms with E-state index in [0.29, 0.717) is 19.6 Å².